The van der Waals surface area contributed by atoms with Gasteiger partial charge in [0.2, 0.25) is 11.8 Å². The van der Waals surface area contributed by atoms with Crippen molar-refractivity contribution in [2.75, 3.05) is 16.8 Å². The van der Waals surface area contributed by atoms with Gasteiger partial charge in [-0.1, -0.05) is 52.3 Å². The first-order valence-corrected chi connectivity index (χ1v) is 13.9. The Balaban J connectivity index is 1.14. The molecule has 3 aromatic rings. The largest absolute Gasteiger partial charge is 0.452 e. The molecule has 3 amide bonds. The van der Waals surface area contributed by atoms with E-state index in [4.69, 9.17) is 4.74 Å². The Kier molecular flexibility index (Phi) is 6.59. The summed E-state index contributed by atoms with van der Waals surface area (Å²) in [5.74, 6) is -1.56. The molecule has 3 aromatic carbocycles. The summed E-state index contributed by atoms with van der Waals surface area (Å²) in [7, 11) is 0. The normalized spacial score (nSPS) is 25.1. The third-order valence-electron chi connectivity index (χ3n) is 8.38. The number of hydrogen-bond acceptors (Lipinski definition) is 5. The van der Waals surface area contributed by atoms with Gasteiger partial charge >= 0.3 is 5.97 Å². The van der Waals surface area contributed by atoms with E-state index < -0.39 is 18.5 Å². The van der Waals surface area contributed by atoms with Crippen LogP contribution in [0.2, 0.25) is 0 Å². The van der Waals surface area contributed by atoms with Gasteiger partial charge in [0.05, 0.1) is 23.1 Å². The Bertz CT molecular complexity index is 1490. The third kappa shape index (κ3) is 4.56. The van der Waals surface area contributed by atoms with Gasteiger partial charge in [-0.05, 0) is 85.0 Å². The molecular formula is C31H27BrN2O5. The second-order valence-corrected chi connectivity index (χ2v) is 11.5. The smallest absolute Gasteiger partial charge is 0.338 e. The second-order valence-electron chi connectivity index (χ2n) is 10.6. The molecule has 1 saturated heterocycles. The van der Waals surface area contributed by atoms with Crippen LogP contribution in [0.3, 0.4) is 0 Å². The number of fused-ring (bicyclic) bond motifs is 5. The quantitative estimate of drug-likeness (QED) is 0.305. The fourth-order valence-electron chi connectivity index (χ4n) is 6.74. The van der Waals surface area contributed by atoms with Crippen LogP contribution in [-0.4, -0.2) is 30.3 Å². The molecule has 0 aromatic heterocycles. The molecule has 6 rings (SSSR count). The number of rotatable bonds is 6. The molecule has 2 aliphatic carbocycles. The number of hydrogen-bond donors (Lipinski definition) is 1. The summed E-state index contributed by atoms with van der Waals surface area (Å²) in [6.07, 6.45) is 1.81. The Morgan fingerprint density at radius 1 is 0.949 bits per heavy atom. The van der Waals surface area contributed by atoms with Crippen LogP contribution in [0.4, 0.5) is 11.4 Å². The lowest BCUT2D eigenvalue weighted by atomic mass is 9.73. The molecular weight excluding hydrogens is 560 g/mol. The predicted octanol–water partition coefficient (Wildman–Crippen LogP) is 5.48. The minimum Gasteiger partial charge on any atom is -0.452 e. The Morgan fingerprint density at radius 2 is 1.72 bits per heavy atom. The van der Waals surface area contributed by atoms with Gasteiger partial charge in [-0.2, -0.15) is 0 Å². The van der Waals surface area contributed by atoms with Gasteiger partial charge in [0.25, 0.3) is 5.91 Å². The van der Waals surface area contributed by atoms with Gasteiger partial charge in [-0.15, -0.1) is 0 Å². The van der Waals surface area contributed by atoms with Gasteiger partial charge in [0.1, 0.15) is 0 Å². The van der Waals surface area contributed by atoms with Crippen molar-refractivity contribution in [1.29, 1.82) is 0 Å². The van der Waals surface area contributed by atoms with E-state index in [1.54, 1.807) is 24.3 Å². The summed E-state index contributed by atoms with van der Waals surface area (Å²) in [6, 6.07) is 22.0. The van der Waals surface area contributed by atoms with Gasteiger partial charge in [0, 0.05) is 10.2 Å². The zero-order valence-corrected chi connectivity index (χ0v) is 22.9. The molecule has 8 heteroatoms. The van der Waals surface area contributed by atoms with E-state index in [2.05, 4.69) is 33.4 Å². The molecule has 3 fully saturated rings. The molecule has 5 atom stereocenters. The third-order valence-corrected chi connectivity index (χ3v) is 8.87. The zero-order chi connectivity index (χ0) is 27.3. The first kappa shape index (κ1) is 25.5. The lowest BCUT2D eigenvalue weighted by Crippen LogP contribution is -2.33. The van der Waals surface area contributed by atoms with Crippen molar-refractivity contribution >= 4 is 51.0 Å². The summed E-state index contributed by atoms with van der Waals surface area (Å²) >= 11 is 3.38. The fraction of sp³-hybridized carbons (Fsp3) is 0.290. The van der Waals surface area contributed by atoms with Crippen molar-refractivity contribution in [2.45, 2.75) is 25.7 Å². The number of nitrogens with zero attached hydrogens (tertiary/aromatic N) is 1. The van der Waals surface area contributed by atoms with Crippen molar-refractivity contribution in [3.63, 3.8) is 0 Å². The first-order valence-electron chi connectivity index (χ1n) is 13.1. The van der Waals surface area contributed by atoms with E-state index in [1.807, 2.05) is 37.3 Å². The Labute approximate surface area is 234 Å². The first-order chi connectivity index (χ1) is 18.8. The molecule has 1 aliphatic heterocycles. The van der Waals surface area contributed by atoms with Crippen molar-refractivity contribution in [1.82, 2.24) is 0 Å². The van der Waals surface area contributed by atoms with Crippen molar-refractivity contribution < 1.29 is 23.9 Å². The van der Waals surface area contributed by atoms with Gasteiger partial charge in [-0.3, -0.25) is 19.3 Å². The van der Waals surface area contributed by atoms with Crippen LogP contribution < -0.4 is 10.2 Å². The van der Waals surface area contributed by atoms with E-state index in [1.165, 1.54) is 16.5 Å². The number of imide groups is 1. The number of ether oxygens (including phenoxy) is 1. The number of benzene rings is 3. The van der Waals surface area contributed by atoms with Crippen molar-refractivity contribution in [2.24, 2.45) is 23.7 Å². The molecule has 0 radical (unpaired) electrons. The molecule has 1 N–H and O–H groups in total. The fourth-order valence-corrected chi connectivity index (χ4v) is 7.21. The highest BCUT2D eigenvalue weighted by Crippen LogP contribution is 2.61. The van der Waals surface area contributed by atoms with Crippen LogP contribution in [0.15, 0.2) is 77.3 Å². The maximum Gasteiger partial charge on any atom is 0.338 e. The predicted molar refractivity (Wildman–Crippen MR) is 149 cm³/mol. The van der Waals surface area contributed by atoms with Gasteiger partial charge < -0.3 is 10.1 Å². The maximum absolute atomic E-state index is 13.6. The zero-order valence-electron chi connectivity index (χ0n) is 21.3. The van der Waals surface area contributed by atoms with E-state index in [0.717, 1.165) is 22.9 Å². The number of carbonyl (C=O) groups is 4. The number of halogens is 1. The summed E-state index contributed by atoms with van der Waals surface area (Å²) in [5.41, 5.74) is 3.25. The molecule has 7 nitrogen and oxygen atoms in total. The lowest BCUT2D eigenvalue weighted by molar-refractivity contribution is -0.123. The SMILES string of the molecule is Cc1cc(Br)ccc1NC(=O)COC(=O)c1cccc(N2C(=O)[C@@H]3[C@@H]4C[C@@H]([C@@H]3C2=O)[C@H](c2ccccc2)C4)c1. The average molecular weight is 587 g/mol. The molecule has 0 unspecified atom stereocenters. The summed E-state index contributed by atoms with van der Waals surface area (Å²) in [4.78, 5) is 53.5. The number of carbonyl (C=O) groups excluding carboxylic acids is 4. The van der Waals surface area contributed by atoms with Gasteiger partial charge in [0.15, 0.2) is 6.61 Å². The lowest BCUT2D eigenvalue weighted by Gasteiger charge is -2.28. The van der Waals surface area contributed by atoms with E-state index >= 15 is 0 Å². The highest BCUT2D eigenvalue weighted by molar-refractivity contribution is 9.10. The van der Waals surface area contributed by atoms with Crippen LogP contribution in [0.1, 0.15) is 40.2 Å². The van der Waals surface area contributed by atoms with E-state index in [9.17, 15) is 19.2 Å². The molecule has 2 bridgehead atoms. The van der Waals surface area contributed by atoms with Crippen LogP contribution >= 0.6 is 15.9 Å². The summed E-state index contributed by atoms with van der Waals surface area (Å²) in [5, 5.41) is 2.73. The van der Waals surface area contributed by atoms with Crippen LogP contribution in [0.25, 0.3) is 0 Å². The molecule has 1 heterocycles. The topological polar surface area (TPSA) is 92.8 Å². The van der Waals surface area contributed by atoms with Crippen molar-refractivity contribution in [3.8, 4) is 0 Å². The average Bonchev–Trinajstić information content (AvgIpc) is 3.60. The Morgan fingerprint density at radius 3 is 2.49 bits per heavy atom. The minimum atomic E-state index is -0.706. The summed E-state index contributed by atoms with van der Waals surface area (Å²) < 4.78 is 6.13. The number of aryl methyl sites for hydroxylation is 1. The number of nitrogens with one attached hydrogen (secondary N) is 1. The number of amides is 3. The van der Waals surface area contributed by atoms with Gasteiger partial charge in [-0.25, -0.2) is 4.79 Å². The van der Waals surface area contributed by atoms with Crippen LogP contribution in [0, 0.1) is 30.6 Å². The number of anilines is 2. The highest BCUT2D eigenvalue weighted by Gasteiger charge is 2.64. The van der Waals surface area contributed by atoms with Crippen LogP contribution in [0.5, 0.6) is 0 Å². The maximum atomic E-state index is 13.6. The van der Waals surface area contributed by atoms with E-state index in [0.29, 0.717) is 11.4 Å². The molecule has 3 aliphatic rings. The Hall–Kier alpha value is -3.78. The summed E-state index contributed by atoms with van der Waals surface area (Å²) in [6.45, 7) is 1.40. The van der Waals surface area contributed by atoms with Crippen LogP contribution in [-0.2, 0) is 19.1 Å². The second kappa shape index (κ2) is 10.1. The standard InChI is InChI=1S/C31H27BrN2O5/c1-17-12-21(32)10-11-25(17)33-26(35)16-39-31(38)19-8-5-9-22(13-19)34-29(36)27-20-14-23(18-6-3-2-4-7-18)24(15-20)28(27)30(34)37/h2-13,20,23-24,27-28H,14-16H2,1H3,(H,33,35)/t20-,23-,24+,27+,28-/m0/s1. The van der Waals surface area contributed by atoms with E-state index in [-0.39, 0.29) is 47.0 Å². The number of esters is 1. The highest BCUT2D eigenvalue weighted by atomic mass is 79.9. The molecule has 2 saturated carbocycles. The molecule has 39 heavy (non-hydrogen) atoms. The molecule has 0 spiro atoms. The molecule has 198 valence electrons. The monoisotopic (exact) mass is 586 g/mol. The van der Waals surface area contributed by atoms with Crippen molar-refractivity contribution in [3.05, 3.63) is 94.0 Å². The minimum absolute atomic E-state index is 0.143.